The molecule has 0 saturated heterocycles. The average Bonchev–Trinajstić information content (AvgIpc) is 2.89. The maximum Gasteiger partial charge on any atom is 0.329 e. The van der Waals surface area contributed by atoms with Gasteiger partial charge in [-0.2, -0.15) is 0 Å². The van der Waals surface area contributed by atoms with E-state index >= 15 is 0 Å². The predicted molar refractivity (Wildman–Crippen MR) is 139 cm³/mol. The summed E-state index contributed by atoms with van der Waals surface area (Å²) in [6.07, 6.45) is 0.290. The highest BCUT2D eigenvalue weighted by Gasteiger charge is 2.26. The SMILES string of the molecule is CC(=O)Oc1ccc(C[C@H](N)C(=O)N[C@@H](Cc2ccccc2)C(=O)OCc2ccccc2)cc1OC(C)=O. The van der Waals surface area contributed by atoms with Crippen molar-refractivity contribution in [3.05, 3.63) is 95.6 Å². The Balaban J connectivity index is 1.70. The van der Waals surface area contributed by atoms with Crippen LogP contribution in [0.3, 0.4) is 0 Å². The molecule has 0 radical (unpaired) electrons. The molecular weight excluding hydrogens is 488 g/mol. The van der Waals surface area contributed by atoms with Crippen LogP contribution in [0.2, 0.25) is 0 Å². The van der Waals surface area contributed by atoms with E-state index in [1.54, 1.807) is 6.07 Å². The number of nitrogens with two attached hydrogens (primary N) is 1. The van der Waals surface area contributed by atoms with Crippen molar-refractivity contribution in [1.82, 2.24) is 5.32 Å². The van der Waals surface area contributed by atoms with Gasteiger partial charge in [0.15, 0.2) is 11.5 Å². The molecule has 0 bridgehead atoms. The van der Waals surface area contributed by atoms with Gasteiger partial charge in [-0.3, -0.25) is 14.4 Å². The van der Waals surface area contributed by atoms with E-state index in [1.165, 1.54) is 26.0 Å². The van der Waals surface area contributed by atoms with E-state index in [0.29, 0.717) is 5.56 Å². The molecule has 0 aliphatic rings. The minimum absolute atomic E-state index is 0.0317. The van der Waals surface area contributed by atoms with Gasteiger partial charge in [-0.1, -0.05) is 66.7 Å². The highest BCUT2D eigenvalue weighted by molar-refractivity contribution is 5.88. The monoisotopic (exact) mass is 518 g/mol. The molecule has 38 heavy (non-hydrogen) atoms. The van der Waals surface area contributed by atoms with Crippen LogP contribution in [0.1, 0.15) is 30.5 Å². The molecule has 3 rings (SSSR count). The van der Waals surface area contributed by atoms with Crippen molar-refractivity contribution in [2.45, 2.75) is 45.4 Å². The van der Waals surface area contributed by atoms with E-state index in [1.807, 2.05) is 60.7 Å². The minimum atomic E-state index is -1.03. The molecule has 0 aliphatic heterocycles. The number of benzene rings is 3. The van der Waals surface area contributed by atoms with Crippen molar-refractivity contribution >= 4 is 23.8 Å². The highest BCUT2D eigenvalue weighted by Crippen LogP contribution is 2.29. The molecule has 0 saturated carbocycles. The van der Waals surface area contributed by atoms with Crippen molar-refractivity contribution in [1.29, 1.82) is 0 Å². The van der Waals surface area contributed by atoms with Crippen molar-refractivity contribution in [2.24, 2.45) is 5.73 Å². The van der Waals surface area contributed by atoms with Crippen molar-refractivity contribution in [3.8, 4) is 11.5 Å². The van der Waals surface area contributed by atoms with Gasteiger partial charge < -0.3 is 25.3 Å². The van der Waals surface area contributed by atoms with Crippen LogP contribution in [0.15, 0.2) is 78.9 Å². The van der Waals surface area contributed by atoms with E-state index < -0.39 is 35.9 Å². The normalized spacial score (nSPS) is 12.1. The second-order valence-corrected chi connectivity index (χ2v) is 8.62. The van der Waals surface area contributed by atoms with Gasteiger partial charge >= 0.3 is 17.9 Å². The Morgan fingerprint density at radius 1 is 0.737 bits per heavy atom. The molecule has 0 heterocycles. The minimum Gasteiger partial charge on any atom is -0.459 e. The van der Waals surface area contributed by atoms with E-state index in [-0.39, 0.29) is 30.9 Å². The lowest BCUT2D eigenvalue weighted by atomic mass is 10.0. The number of hydrogen-bond donors (Lipinski definition) is 2. The van der Waals surface area contributed by atoms with Crippen LogP contribution >= 0.6 is 0 Å². The number of rotatable bonds is 11. The molecule has 1 amide bonds. The first kappa shape index (κ1) is 28.1. The first-order valence-electron chi connectivity index (χ1n) is 12.0. The summed E-state index contributed by atoms with van der Waals surface area (Å²) in [4.78, 5) is 48.8. The summed E-state index contributed by atoms with van der Waals surface area (Å²) < 4.78 is 15.7. The fraction of sp³-hybridized carbons (Fsp3) is 0.241. The van der Waals surface area contributed by atoms with Crippen LogP contribution in [0.25, 0.3) is 0 Å². The summed E-state index contributed by atoms with van der Waals surface area (Å²) in [6.45, 7) is 2.51. The molecule has 9 nitrogen and oxygen atoms in total. The summed E-state index contributed by atoms with van der Waals surface area (Å²) in [5.74, 6) is -2.22. The third kappa shape index (κ3) is 8.86. The lowest BCUT2D eigenvalue weighted by Crippen LogP contribution is -2.50. The van der Waals surface area contributed by atoms with Crippen LogP contribution < -0.4 is 20.5 Å². The fourth-order valence-electron chi connectivity index (χ4n) is 3.65. The number of nitrogens with one attached hydrogen (secondary N) is 1. The standard InChI is InChI=1S/C29H30N2O7/c1-19(32)37-26-14-13-23(17-27(26)38-20(2)33)15-24(30)28(34)31-25(16-21-9-5-3-6-10-21)29(35)36-18-22-11-7-4-8-12-22/h3-14,17,24-25H,15-16,18,30H2,1-2H3,(H,31,34)/t24-,25-/m0/s1. The molecule has 0 fully saturated rings. The van der Waals surface area contributed by atoms with Gasteiger partial charge in [-0.25, -0.2) is 4.79 Å². The van der Waals surface area contributed by atoms with Crippen LogP contribution in [0.4, 0.5) is 0 Å². The number of esters is 3. The van der Waals surface area contributed by atoms with Gasteiger partial charge in [0.1, 0.15) is 12.6 Å². The average molecular weight is 519 g/mol. The van der Waals surface area contributed by atoms with Gasteiger partial charge in [0.2, 0.25) is 5.91 Å². The van der Waals surface area contributed by atoms with Crippen molar-refractivity contribution < 1.29 is 33.4 Å². The molecule has 0 aliphatic carbocycles. The van der Waals surface area contributed by atoms with E-state index in [4.69, 9.17) is 19.9 Å². The molecule has 3 N–H and O–H groups in total. The van der Waals surface area contributed by atoms with Gasteiger partial charge in [-0.15, -0.1) is 0 Å². The lowest BCUT2D eigenvalue weighted by Gasteiger charge is -2.20. The van der Waals surface area contributed by atoms with Crippen LogP contribution in [-0.2, 0) is 43.4 Å². The molecule has 9 heteroatoms. The van der Waals surface area contributed by atoms with Crippen LogP contribution in [0.5, 0.6) is 11.5 Å². The zero-order valence-corrected chi connectivity index (χ0v) is 21.2. The largest absolute Gasteiger partial charge is 0.459 e. The molecule has 0 unspecified atom stereocenters. The second kappa shape index (κ2) is 13.7. The molecule has 2 atom stereocenters. The third-order valence-electron chi connectivity index (χ3n) is 5.42. The Kier molecular flexibility index (Phi) is 10.1. The maximum atomic E-state index is 13.0. The molecule has 3 aromatic rings. The first-order valence-corrected chi connectivity index (χ1v) is 12.0. The second-order valence-electron chi connectivity index (χ2n) is 8.62. The van der Waals surface area contributed by atoms with E-state index in [0.717, 1.165) is 11.1 Å². The molecule has 0 spiro atoms. The number of hydrogen-bond acceptors (Lipinski definition) is 8. The first-order chi connectivity index (χ1) is 18.2. The van der Waals surface area contributed by atoms with Crippen LogP contribution in [-0.4, -0.2) is 35.9 Å². The quantitative estimate of drug-likeness (QED) is 0.292. The topological polar surface area (TPSA) is 134 Å². The highest BCUT2D eigenvalue weighted by atomic mass is 16.6. The zero-order valence-electron chi connectivity index (χ0n) is 21.2. The summed E-state index contributed by atoms with van der Waals surface area (Å²) in [5, 5.41) is 2.71. The van der Waals surface area contributed by atoms with Crippen LogP contribution in [0, 0.1) is 0 Å². The molecular formula is C29H30N2O7. The maximum absolute atomic E-state index is 13.0. The van der Waals surface area contributed by atoms with Crippen molar-refractivity contribution in [2.75, 3.05) is 0 Å². The Hall–Kier alpha value is -4.50. The summed E-state index contributed by atoms with van der Waals surface area (Å²) in [5.41, 5.74) is 8.40. The Morgan fingerprint density at radius 2 is 1.32 bits per heavy atom. The summed E-state index contributed by atoms with van der Waals surface area (Å²) in [7, 11) is 0. The van der Waals surface area contributed by atoms with Gasteiger partial charge in [0, 0.05) is 20.3 Å². The number of amides is 1. The predicted octanol–water partition coefficient (Wildman–Crippen LogP) is 2.88. The number of ether oxygens (including phenoxy) is 3. The fourth-order valence-corrected chi connectivity index (χ4v) is 3.65. The van der Waals surface area contributed by atoms with Gasteiger partial charge in [-0.05, 0) is 35.2 Å². The van der Waals surface area contributed by atoms with E-state index in [2.05, 4.69) is 5.32 Å². The van der Waals surface area contributed by atoms with Gasteiger partial charge in [0.25, 0.3) is 0 Å². The Bertz CT molecular complexity index is 1260. The summed E-state index contributed by atoms with van der Waals surface area (Å²) in [6, 6.07) is 21.0. The van der Waals surface area contributed by atoms with E-state index in [9.17, 15) is 19.2 Å². The third-order valence-corrected chi connectivity index (χ3v) is 5.42. The summed E-state index contributed by atoms with van der Waals surface area (Å²) >= 11 is 0. The smallest absolute Gasteiger partial charge is 0.329 e. The number of carbonyl (C=O) groups excluding carboxylic acids is 4. The zero-order chi connectivity index (χ0) is 27.5. The number of carbonyl (C=O) groups is 4. The molecule has 198 valence electrons. The molecule has 3 aromatic carbocycles. The van der Waals surface area contributed by atoms with Gasteiger partial charge in [0.05, 0.1) is 6.04 Å². The Labute approximate surface area is 220 Å². The Morgan fingerprint density at radius 3 is 1.92 bits per heavy atom. The van der Waals surface area contributed by atoms with Crippen molar-refractivity contribution in [3.63, 3.8) is 0 Å². The lowest BCUT2D eigenvalue weighted by molar-refractivity contribution is -0.149. The molecule has 0 aromatic heterocycles.